The average Bonchev–Trinajstić information content (AvgIpc) is 2.69. The van der Waals surface area contributed by atoms with Crippen molar-refractivity contribution in [1.29, 1.82) is 10.5 Å². The number of para-hydroxylation sites is 1. The van der Waals surface area contributed by atoms with E-state index >= 15 is 0 Å². The van der Waals surface area contributed by atoms with E-state index in [1.54, 1.807) is 18.2 Å². The van der Waals surface area contributed by atoms with Crippen LogP contribution in [0.5, 0.6) is 0 Å². The van der Waals surface area contributed by atoms with E-state index in [0.29, 0.717) is 23.4 Å². The molecule has 0 radical (unpaired) electrons. The third-order valence-electron chi connectivity index (χ3n) is 3.41. The monoisotopic (exact) mass is 265 g/mol. The molecule has 0 saturated heterocycles. The molecule has 1 aromatic heterocycles. The normalized spacial score (nSPS) is 9.85. The summed E-state index contributed by atoms with van der Waals surface area (Å²) in [6.45, 7) is 4.49. The van der Waals surface area contributed by atoms with Crippen molar-refractivity contribution in [3.05, 3.63) is 46.3 Å². The van der Waals surface area contributed by atoms with Gasteiger partial charge in [-0.2, -0.15) is 15.6 Å². The van der Waals surface area contributed by atoms with Crippen LogP contribution in [0.25, 0.3) is 0 Å². The molecule has 0 bridgehead atoms. The lowest BCUT2D eigenvalue weighted by Crippen LogP contribution is -2.05. The number of anilines is 1. The molecule has 5 heteroatoms. The Bertz CT molecular complexity index is 696. The van der Waals surface area contributed by atoms with Gasteiger partial charge in [0.2, 0.25) is 0 Å². The number of nitrogens with zero attached hydrogens (tertiary/aromatic N) is 4. The van der Waals surface area contributed by atoms with Crippen molar-refractivity contribution in [2.75, 3.05) is 5.32 Å². The molecule has 0 aliphatic carbocycles. The summed E-state index contributed by atoms with van der Waals surface area (Å²) < 4.78 is 1.83. The second kappa shape index (κ2) is 5.46. The molecule has 5 nitrogen and oxygen atoms in total. The van der Waals surface area contributed by atoms with Gasteiger partial charge < -0.3 is 5.32 Å². The Labute approximate surface area is 118 Å². The van der Waals surface area contributed by atoms with Gasteiger partial charge in [0.15, 0.2) is 0 Å². The van der Waals surface area contributed by atoms with Crippen LogP contribution < -0.4 is 5.32 Å². The summed E-state index contributed by atoms with van der Waals surface area (Å²) in [5.41, 5.74) is 4.64. The molecule has 0 aliphatic rings. The second-order valence-corrected chi connectivity index (χ2v) is 4.58. The molecule has 1 aromatic carbocycles. The van der Waals surface area contributed by atoms with Gasteiger partial charge in [-0.05, 0) is 26.0 Å². The molecule has 0 unspecified atom stereocenters. The molecule has 1 heterocycles. The minimum absolute atomic E-state index is 0.475. The first-order valence-corrected chi connectivity index (χ1v) is 6.24. The second-order valence-electron chi connectivity index (χ2n) is 4.58. The average molecular weight is 265 g/mol. The van der Waals surface area contributed by atoms with Gasteiger partial charge in [0.1, 0.15) is 12.1 Å². The number of rotatable bonds is 3. The molecule has 1 N–H and O–H groups in total. The molecule has 2 rings (SSSR count). The Balaban J connectivity index is 2.33. The first-order chi connectivity index (χ1) is 9.58. The summed E-state index contributed by atoms with van der Waals surface area (Å²) in [6, 6.07) is 9.33. The van der Waals surface area contributed by atoms with Gasteiger partial charge in [0.05, 0.1) is 22.5 Å². The van der Waals surface area contributed by atoms with E-state index in [-0.39, 0.29) is 0 Å². The van der Waals surface area contributed by atoms with E-state index in [2.05, 4.69) is 22.6 Å². The minimum Gasteiger partial charge on any atom is -0.379 e. The number of benzene rings is 1. The van der Waals surface area contributed by atoms with Crippen LogP contribution in [-0.4, -0.2) is 9.78 Å². The molecule has 0 saturated carbocycles. The molecule has 100 valence electrons. The van der Waals surface area contributed by atoms with Crippen molar-refractivity contribution in [3.8, 4) is 12.1 Å². The van der Waals surface area contributed by atoms with Gasteiger partial charge in [-0.3, -0.25) is 4.68 Å². The van der Waals surface area contributed by atoms with Crippen LogP contribution in [0.1, 0.15) is 28.1 Å². The van der Waals surface area contributed by atoms with Crippen LogP contribution in [0.15, 0.2) is 18.2 Å². The highest BCUT2D eigenvalue weighted by molar-refractivity contribution is 5.66. The van der Waals surface area contributed by atoms with Gasteiger partial charge in [-0.1, -0.05) is 6.07 Å². The van der Waals surface area contributed by atoms with Crippen molar-refractivity contribution in [1.82, 2.24) is 9.78 Å². The standard InChI is InChI=1S/C15H15N5/c1-10-14(11(2)20(3)19-10)9-18-15-12(7-16)5-4-6-13(15)8-17/h4-6,18H,9H2,1-3H3. The third-order valence-corrected chi connectivity index (χ3v) is 3.41. The Morgan fingerprint density at radius 3 is 2.25 bits per heavy atom. The molecule has 20 heavy (non-hydrogen) atoms. The highest BCUT2D eigenvalue weighted by Crippen LogP contribution is 2.22. The van der Waals surface area contributed by atoms with Gasteiger partial charge >= 0.3 is 0 Å². The summed E-state index contributed by atoms with van der Waals surface area (Å²) >= 11 is 0. The number of hydrogen-bond donors (Lipinski definition) is 1. The zero-order valence-electron chi connectivity index (χ0n) is 11.7. The van der Waals surface area contributed by atoms with Gasteiger partial charge in [-0.25, -0.2) is 0 Å². The summed E-state index contributed by atoms with van der Waals surface area (Å²) in [5, 5.41) is 25.8. The maximum Gasteiger partial charge on any atom is 0.101 e. The van der Waals surface area contributed by atoms with Crippen molar-refractivity contribution in [2.24, 2.45) is 7.05 Å². The summed E-state index contributed by atoms with van der Waals surface area (Å²) in [7, 11) is 1.90. The zero-order valence-corrected chi connectivity index (χ0v) is 11.7. The van der Waals surface area contributed by atoms with Crippen LogP contribution in [-0.2, 0) is 13.6 Å². The summed E-state index contributed by atoms with van der Waals surface area (Å²) in [5.74, 6) is 0. The molecule has 0 aliphatic heterocycles. The number of nitriles is 2. The predicted octanol–water partition coefficient (Wildman–Crippen LogP) is 2.39. The fourth-order valence-electron chi connectivity index (χ4n) is 2.18. The largest absolute Gasteiger partial charge is 0.379 e. The Kier molecular flexibility index (Phi) is 3.72. The van der Waals surface area contributed by atoms with Crippen LogP contribution in [0, 0.1) is 36.5 Å². The van der Waals surface area contributed by atoms with Crippen LogP contribution in [0.3, 0.4) is 0 Å². The number of nitrogens with one attached hydrogen (secondary N) is 1. The van der Waals surface area contributed by atoms with Crippen molar-refractivity contribution < 1.29 is 0 Å². The Hall–Kier alpha value is -2.79. The Morgan fingerprint density at radius 2 is 1.80 bits per heavy atom. The Morgan fingerprint density at radius 1 is 1.20 bits per heavy atom. The molecule has 0 atom stereocenters. The van der Waals surface area contributed by atoms with E-state index in [1.165, 1.54) is 0 Å². The van der Waals surface area contributed by atoms with E-state index < -0.39 is 0 Å². The fourth-order valence-corrected chi connectivity index (χ4v) is 2.18. The molecular formula is C15H15N5. The van der Waals surface area contributed by atoms with Crippen LogP contribution in [0.2, 0.25) is 0 Å². The number of aromatic nitrogens is 2. The lowest BCUT2D eigenvalue weighted by molar-refractivity contribution is 0.730. The highest BCUT2D eigenvalue weighted by atomic mass is 15.3. The highest BCUT2D eigenvalue weighted by Gasteiger charge is 2.12. The molecule has 0 fully saturated rings. The summed E-state index contributed by atoms with van der Waals surface area (Å²) in [6.07, 6.45) is 0. The molecular weight excluding hydrogens is 250 g/mol. The van der Waals surface area contributed by atoms with E-state index in [1.807, 2.05) is 25.6 Å². The molecule has 0 spiro atoms. The van der Waals surface area contributed by atoms with Gasteiger partial charge in [-0.15, -0.1) is 0 Å². The lowest BCUT2D eigenvalue weighted by atomic mass is 10.1. The van der Waals surface area contributed by atoms with Crippen molar-refractivity contribution in [2.45, 2.75) is 20.4 Å². The minimum atomic E-state index is 0.475. The lowest BCUT2D eigenvalue weighted by Gasteiger charge is -2.10. The topological polar surface area (TPSA) is 77.4 Å². The quantitative estimate of drug-likeness (QED) is 0.924. The molecule has 2 aromatic rings. The third kappa shape index (κ3) is 2.34. The van der Waals surface area contributed by atoms with Gasteiger partial charge in [0.25, 0.3) is 0 Å². The van der Waals surface area contributed by atoms with Gasteiger partial charge in [0, 0.05) is 24.8 Å². The summed E-state index contributed by atoms with van der Waals surface area (Å²) in [4.78, 5) is 0. The fraction of sp³-hybridized carbons (Fsp3) is 0.267. The van der Waals surface area contributed by atoms with Crippen LogP contribution >= 0.6 is 0 Å². The van der Waals surface area contributed by atoms with Crippen LogP contribution in [0.4, 0.5) is 5.69 Å². The first-order valence-electron chi connectivity index (χ1n) is 6.24. The smallest absolute Gasteiger partial charge is 0.101 e. The van der Waals surface area contributed by atoms with E-state index in [4.69, 9.17) is 10.5 Å². The zero-order chi connectivity index (χ0) is 14.7. The maximum atomic E-state index is 9.13. The number of hydrogen-bond acceptors (Lipinski definition) is 4. The number of aryl methyl sites for hydroxylation is 2. The molecule has 0 amide bonds. The van der Waals surface area contributed by atoms with E-state index in [9.17, 15) is 0 Å². The van der Waals surface area contributed by atoms with E-state index in [0.717, 1.165) is 17.0 Å². The van der Waals surface area contributed by atoms with Crippen molar-refractivity contribution in [3.63, 3.8) is 0 Å². The predicted molar refractivity (Wildman–Crippen MR) is 75.9 cm³/mol. The first kappa shape index (κ1) is 13.6. The SMILES string of the molecule is Cc1nn(C)c(C)c1CNc1c(C#N)cccc1C#N. The maximum absolute atomic E-state index is 9.13. The van der Waals surface area contributed by atoms with Crippen molar-refractivity contribution >= 4 is 5.69 Å².